The molecule has 0 fully saturated rings. The first-order valence-electron chi connectivity index (χ1n) is 4.50. The van der Waals surface area contributed by atoms with E-state index in [0.29, 0.717) is 0 Å². The summed E-state index contributed by atoms with van der Waals surface area (Å²) in [6.07, 6.45) is 7.55. The summed E-state index contributed by atoms with van der Waals surface area (Å²) in [5.74, 6) is 0. The predicted molar refractivity (Wildman–Crippen MR) is 53.1 cm³/mol. The van der Waals surface area contributed by atoms with E-state index in [0.717, 1.165) is 24.3 Å². The Morgan fingerprint density at radius 3 is 3.08 bits per heavy atom. The smallest absolute Gasteiger partial charge is 0.255 e. The molecule has 0 aliphatic heterocycles. The molecule has 0 amide bonds. The summed E-state index contributed by atoms with van der Waals surface area (Å²) in [5.41, 5.74) is 0. The van der Waals surface area contributed by atoms with E-state index in [9.17, 15) is 4.79 Å². The molecule has 1 unspecified atom stereocenters. The number of allylic oxidation sites excluding steroid dienone is 2. The molecule has 3 nitrogen and oxygen atoms in total. The standard InChI is InChI=1S/C9H12N2OS/c1-7-10-11(9(12)13-7)8-5-3-2-4-6-8/h3,5,8H,2,4,6H2,1H3. The van der Waals surface area contributed by atoms with Gasteiger partial charge in [0.25, 0.3) is 0 Å². The molecule has 2 rings (SSSR count). The van der Waals surface area contributed by atoms with Crippen LogP contribution in [0.25, 0.3) is 0 Å². The van der Waals surface area contributed by atoms with Crippen molar-refractivity contribution in [1.29, 1.82) is 0 Å². The lowest BCUT2D eigenvalue weighted by Gasteiger charge is -2.14. The lowest BCUT2D eigenvalue weighted by atomic mass is 10.0. The number of hydrogen-bond donors (Lipinski definition) is 0. The Balaban J connectivity index is 2.33. The molecule has 0 saturated heterocycles. The molecule has 1 atom stereocenters. The van der Waals surface area contributed by atoms with Gasteiger partial charge in [-0.25, -0.2) is 4.68 Å². The van der Waals surface area contributed by atoms with E-state index < -0.39 is 0 Å². The van der Waals surface area contributed by atoms with Gasteiger partial charge >= 0.3 is 4.87 Å². The molecule has 1 heterocycles. The first-order chi connectivity index (χ1) is 6.27. The molecule has 0 saturated carbocycles. The Hall–Kier alpha value is -0.900. The third-order valence-electron chi connectivity index (χ3n) is 2.21. The molecule has 70 valence electrons. The summed E-state index contributed by atoms with van der Waals surface area (Å²) in [6, 6.07) is 0.200. The summed E-state index contributed by atoms with van der Waals surface area (Å²) < 4.78 is 1.61. The molecule has 0 N–H and O–H groups in total. The van der Waals surface area contributed by atoms with Crippen LogP contribution in [0.4, 0.5) is 0 Å². The quantitative estimate of drug-likeness (QED) is 0.643. The van der Waals surface area contributed by atoms with Gasteiger partial charge in [-0.2, -0.15) is 5.10 Å². The van der Waals surface area contributed by atoms with E-state index in [1.165, 1.54) is 11.3 Å². The number of hydrogen-bond acceptors (Lipinski definition) is 3. The fraction of sp³-hybridized carbons (Fsp3) is 0.556. The second-order valence-corrected chi connectivity index (χ2v) is 4.40. The largest absolute Gasteiger partial charge is 0.325 e. The van der Waals surface area contributed by atoms with Gasteiger partial charge in [-0.3, -0.25) is 4.79 Å². The van der Waals surface area contributed by atoms with Gasteiger partial charge in [0, 0.05) is 0 Å². The number of aryl methyl sites for hydroxylation is 1. The van der Waals surface area contributed by atoms with Crippen LogP contribution in [0.1, 0.15) is 30.3 Å². The van der Waals surface area contributed by atoms with Gasteiger partial charge in [0.05, 0.1) is 6.04 Å². The van der Waals surface area contributed by atoms with Crippen molar-refractivity contribution in [2.24, 2.45) is 0 Å². The van der Waals surface area contributed by atoms with Gasteiger partial charge in [0.2, 0.25) is 0 Å². The average Bonchev–Trinajstić information content (AvgIpc) is 2.47. The summed E-state index contributed by atoms with van der Waals surface area (Å²) in [7, 11) is 0. The van der Waals surface area contributed by atoms with Crippen LogP contribution >= 0.6 is 11.3 Å². The lowest BCUT2D eigenvalue weighted by Crippen LogP contribution is -2.21. The van der Waals surface area contributed by atoms with Crippen LogP contribution in [-0.2, 0) is 0 Å². The Labute approximate surface area is 80.7 Å². The van der Waals surface area contributed by atoms with Gasteiger partial charge in [-0.1, -0.05) is 23.5 Å². The zero-order valence-corrected chi connectivity index (χ0v) is 8.38. The van der Waals surface area contributed by atoms with Crippen LogP contribution < -0.4 is 4.87 Å². The molecule has 1 aromatic heterocycles. The Bertz CT molecular complexity index is 377. The number of aromatic nitrogens is 2. The topological polar surface area (TPSA) is 34.9 Å². The van der Waals surface area contributed by atoms with Gasteiger partial charge < -0.3 is 0 Å². The SMILES string of the molecule is Cc1nn(C2C=CCCC2)c(=O)s1. The third kappa shape index (κ3) is 1.72. The van der Waals surface area contributed by atoms with Gasteiger partial charge in [-0.15, -0.1) is 0 Å². The van der Waals surface area contributed by atoms with Crippen LogP contribution in [0.3, 0.4) is 0 Å². The maximum atomic E-state index is 11.4. The van der Waals surface area contributed by atoms with Crippen LogP contribution in [0, 0.1) is 6.92 Å². The second-order valence-electron chi connectivity index (χ2n) is 3.26. The molecule has 4 heteroatoms. The maximum Gasteiger partial charge on any atom is 0.325 e. The van der Waals surface area contributed by atoms with Crippen molar-refractivity contribution >= 4 is 11.3 Å². The van der Waals surface area contributed by atoms with E-state index in [-0.39, 0.29) is 10.9 Å². The highest BCUT2D eigenvalue weighted by atomic mass is 32.1. The normalized spacial score (nSPS) is 22.1. The van der Waals surface area contributed by atoms with Crippen molar-refractivity contribution < 1.29 is 0 Å². The number of nitrogens with zero attached hydrogens (tertiary/aromatic N) is 2. The molecule has 0 bridgehead atoms. The predicted octanol–water partition coefficient (Wildman–Crippen LogP) is 1.89. The van der Waals surface area contributed by atoms with Crippen LogP contribution in [0.15, 0.2) is 16.9 Å². The van der Waals surface area contributed by atoms with E-state index in [1.54, 1.807) is 4.68 Å². The highest BCUT2D eigenvalue weighted by Crippen LogP contribution is 2.20. The first-order valence-corrected chi connectivity index (χ1v) is 5.32. The molecule has 0 spiro atoms. The molecule has 0 aromatic carbocycles. The zero-order chi connectivity index (χ0) is 9.26. The summed E-state index contributed by atoms with van der Waals surface area (Å²) in [6.45, 7) is 1.87. The maximum absolute atomic E-state index is 11.4. The van der Waals surface area contributed by atoms with Crippen molar-refractivity contribution in [2.75, 3.05) is 0 Å². The fourth-order valence-corrected chi connectivity index (χ4v) is 2.25. The minimum absolute atomic E-state index is 0.0639. The Kier molecular flexibility index (Phi) is 2.31. The highest BCUT2D eigenvalue weighted by molar-refractivity contribution is 7.08. The molecule has 1 aromatic rings. The van der Waals surface area contributed by atoms with Crippen LogP contribution in [0.2, 0.25) is 0 Å². The average molecular weight is 196 g/mol. The highest BCUT2D eigenvalue weighted by Gasteiger charge is 2.14. The van der Waals surface area contributed by atoms with Crippen molar-refractivity contribution in [3.8, 4) is 0 Å². The Morgan fingerprint density at radius 1 is 1.69 bits per heavy atom. The van der Waals surface area contributed by atoms with Crippen molar-refractivity contribution in [2.45, 2.75) is 32.2 Å². The molecule has 1 aliphatic carbocycles. The monoisotopic (exact) mass is 196 g/mol. The number of rotatable bonds is 1. The third-order valence-corrected chi connectivity index (χ3v) is 2.95. The van der Waals surface area contributed by atoms with Crippen molar-refractivity contribution in [1.82, 2.24) is 9.78 Å². The van der Waals surface area contributed by atoms with E-state index in [1.807, 2.05) is 6.92 Å². The van der Waals surface area contributed by atoms with E-state index >= 15 is 0 Å². The minimum Gasteiger partial charge on any atom is -0.255 e. The van der Waals surface area contributed by atoms with Crippen LogP contribution in [0.5, 0.6) is 0 Å². The van der Waals surface area contributed by atoms with Crippen LogP contribution in [-0.4, -0.2) is 9.78 Å². The summed E-state index contributed by atoms with van der Waals surface area (Å²) in [4.78, 5) is 11.5. The van der Waals surface area contributed by atoms with E-state index in [2.05, 4.69) is 17.3 Å². The summed E-state index contributed by atoms with van der Waals surface area (Å²) >= 11 is 1.23. The minimum atomic E-state index is 0.0639. The fourth-order valence-electron chi connectivity index (χ4n) is 1.59. The molecule has 1 aliphatic rings. The van der Waals surface area contributed by atoms with Crippen molar-refractivity contribution in [3.63, 3.8) is 0 Å². The molecular formula is C9H12N2OS. The lowest BCUT2D eigenvalue weighted by molar-refractivity contribution is 0.462. The van der Waals surface area contributed by atoms with Crippen molar-refractivity contribution in [3.05, 3.63) is 26.8 Å². The molecule has 0 radical (unpaired) electrons. The molecule has 13 heavy (non-hydrogen) atoms. The second kappa shape index (κ2) is 3.46. The van der Waals surface area contributed by atoms with E-state index in [4.69, 9.17) is 0 Å². The zero-order valence-electron chi connectivity index (χ0n) is 7.56. The van der Waals surface area contributed by atoms with Gasteiger partial charge in [-0.05, 0) is 26.2 Å². The summed E-state index contributed by atoms with van der Waals surface area (Å²) in [5, 5.41) is 5.06. The van der Waals surface area contributed by atoms with Gasteiger partial charge in [0.15, 0.2) is 0 Å². The Morgan fingerprint density at radius 2 is 2.54 bits per heavy atom. The first kappa shape index (κ1) is 8.69. The van der Waals surface area contributed by atoms with Gasteiger partial charge in [0.1, 0.15) is 5.01 Å². The molecular weight excluding hydrogens is 184 g/mol.